The van der Waals surface area contributed by atoms with E-state index in [1.54, 1.807) is 19.2 Å². The first-order valence-electron chi connectivity index (χ1n) is 8.49. The molecule has 1 N–H and O–H groups in total. The fourth-order valence-electron chi connectivity index (χ4n) is 3.31. The number of anilines is 1. The number of ether oxygens (including phenoxy) is 1. The SMILES string of the molecule is COc1ccc2c3c(c(=O)oc2c1)CN(C(=O)Nc1cccc(F)c1)CC3. The second-order valence-electron chi connectivity index (χ2n) is 6.32. The molecular weight excluding hydrogens is 351 g/mol. The molecule has 0 bridgehead atoms. The summed E-state index contributed by atoms with van der Waals surface area (Å²) in [4.78, 5) is 26.4. The molecule has 0 fully saturated rings. The molecule has 2 aromatic carbocycles. The molecule has 0 unspecified atom stereocenters. The topological polar surface area (TPSA) is 71.8 Å². The second-order valence-corrected chi connectivity index (χ2v) is 6.32. The van der Waals surface area contributed by atoms with Gasteiger partial charge in [0.05, 0.1) is 19.2 Å². The maximum atomic E-state index is 13.3. The quantitative estimate of drug-likeness (QED) is 0.703. The number of nitrogens with zero attached hydrogens (tertiary/aromatic N) is 1. The van der Waals surface area contributed by atoms with Crippen LogP contribution in [-0.2, 0) is 13.0 Å². The number of nitrogens with one attached hydrogen (secondary N) is 1. The van der Waals surface area contributed by atoms with Gasteiger partial charge in [-0.2, -0.15) is 0 Å². The summed E-state index contributed by atoms with van der Waals surface area (Å²) in [7, 11) is 1.55. The monoisotopic (exact) mass is 368 g/mol. The van der Waals surface area contributed by atoms with Crippen LogP contribution in [-0.4, -0.2) is 24.6 Å². The smallest absolute Gasteiger partial charge is 0.341 e. The van der Waals surface area contributed by atoms with Crippen LogP contribution in [0.25, 0.3) is 11.0 Å². The molecule has 0 spiro atoms. The zero-order chi connectivity index (χ0) is 19.0. The van der Waals surface area contributed by atoms with Gasteiger partial charge in [0, 0.05) is 23.7 Å². The van der Waals surface area contributed by atoms with E-state index in [1.807, 2.05) is 12.1 Å². The van der Waals surface area contributed by atoms with Crippen LogP contribution in [0.1, 0.15) is 11.1 Å². The van der Waals surface area contributed by atoms with Crippen molar-refractivity contribution in [3.8, 4) is 5.75 Å². The highest BCUT2D eigenvalue weighted by molar-refractivity contribution is 5.90. The van der Waals surface area contributed by atoms with E-state index in [9.17, 15) is 14.0 Å². The van der Waals surface area contributed by atoms with Crippen molar-refractivity contribution in [2.24, 2.45) is 0 Å². The van der Waals surface area contributed by atoms with E-state index in [1.165, 1.54) is 23.1 Å². The van der Waals surface area contributed by atoms with Crippen LogP contribution in [0.5, 0.6) is 5.75 Å². The molecule has 1 aromatic heterocycles. The molecule has 0 atom stereocenters. The van der Waals surface area contributed by atoms with Gasteiger partial charge >= 0.3 is 11.7 Å². The van der Waals surface area contributed by atoms with Crippen molar-refractivity contribution in [2.45, 2.75) is 13.0 Å². The number of fused-ring (bicyclic) bond motifs is 3. The van der Waals surface area contributed by atoms with Crippen LogP contribution < -0.4 is 15.7 Å². The molecule has 1 aliphatic heterocycles. The van der Waals surface area contributed by atoms with Crippen molar-refractivity contribution in [3.05, 3.63) is 69.8 Å². The third kappa shape index (κ3) is 3.23. The van der Waals surface area contributed by atoms with Crippen molar-refractivity contribution in [2.75, 3.05) is 19.0 Å². The van der Waals surface area contributed by atoms with Gasteiger partial charge in [-0.05, 0) is 42.3 Å². The number of urea groups is 1. The van der Waals surface area contributed by atoms with Crippen LogP contribution >= 0.6 is 0 Å². The van der Waals surface area contributed by atoms with Gasteiger partial charge in [0.1, 0.15) is 17.1 Å². The molecule has 138 valence electrons. The third-order valence-corrected chi connectivity index (χ3v) is 4.67. The first kappa shape index (κ1) is 17.1. The number of methoxy groups -OCH3 is 1. The van der Waals surface area contributed by atoms with Gasteiger partial charge in [0.25, 0.3) is 0 Å². The first-order chi connectivity index (χ1) is 13.0. The number of rotatable bonds is 2. The molecule has 2 heterocycles. The molecule has 0 radical (unpaired) electrons. The predicted octanol–water partition coefficient (Wildman–Crippen LogP) is 3.53. The Morgan fingerprint density at radius 2 is 2.07 bits per heavy atom. The van der Waals surface area contributed by atoms with Gasteiger partial charge in [-0.3, -0.25) is 0 Å². The molecule has 0 aliphatic carbocycles. The van der Waals surface area contributed by atoms with Crippen molar-refractivity contribution in [1.82, 2.24) is 4.90 Å². The van der Waals surface area contributed by atoms with Crippen LogP contribution in [0, 0.1) is 5.82 Å². The Labute approximate surface area is 154 Å². The van der Waals surface area contributed by atoms with E-state index in [-0.39, 0.29) is 12.6 Å². The molecule has 4 rings (SSSR count). The lowest BCUT2D eigenvalue weighted by molar-refractivity contribution is 0.205. The highest BCUT2D eigenvalue weighted by Crippen LogP contribution is 2.28. The molecule has 0 saturated carbocycles. The Balaban J connectivity index is 1.62. The largest absolute Gasteiger partial charge is 0.497 e. The number of halogens is 1. The first-order valence-corrected chi connectivity index (χ1v) is 8.49. The summed E-state index contributed by atoms with van der Waals surface area (Å²) in [5.74, 6) is 0.178. The Morgan fingerprint density at radius 3 is 2.85 bits per heavy atom. The van der Waals surface area contributed by atoms with E-state index in [2.05, 4.69) is 5.32 Å². The molecular formula is C20H17FN2O4. The molecule has 1 aliphatic rings. The summed E-state index contributed by atoms with van der Waals surface area (Å²) in [5, 5.41) is 3.50. The van der Waals surface area contributed by atoms with Crippen molar-refractivity contribution in [3.63, 3.8) is 0 Å². The number of hydrogen-bond acceptors (Lipinski definition) is 4. The van der Waals surface area contributed by atoms with Gasteiger partial charge < -0.3 is 19.4 Å². The molecule has 3 aromatic rings. The molecule has 7 heteroatoms. The fourth-order valence-corrected chi connectivity index (χ4v) is 3.31. The number of amides is 2. The fraction of sp³-hybridized carbons (Fsp3) is 0.200. The number of carbonyl (C=O) groups excluding carboxylic acids is 1. The van der Waals surface area contributed by atoms with Crippen LogP contribution in [0.2, 0.25) is 0 Å². The van der Waals surface area contributed by atoms with Crippen LogP contribution in [0.3, 0.4) is 0 Å². The lowest BCUT2D eigenvalue weighted by Gasteiger charge is -2.28. The zero-order valence-corrected chi connectivity index (χ0v) is 14.6. The zero-order valence-electron chi connectivity index (χ0n) is 14.6. The van der Waals surface area contributed by atoms with Gasteiger partial charge in [0.2, 0.25) is 0 Å². The van der Waals surface area contributed by atoms with Crippen LogP contribution in [0.15, 0.2) is 51.7 Å². The van der Waals surface area contributed by atoms with Crippen molar-refractivity contribution in [1.29, 1.82) is 0 Å². The Kier molecular flexibility index (Phi) is 4.27. The summed E-state index contributed by atoms with van der Waals surface area (Å²) in [6.07, 6.45) is 0.528. The Hall–Kier alpha value is -3.35. The average molecular weight is 368 g/mol. The summed E-state index contributed by atoms with van der Waals surface area (Å²) < 4.78 is 23.9. The Morgan fingerprint density at radius 1 is 1.22 bits per heavy atom. The molecule has 2 amide bonds. The van der Waals surface area contributed by atoms with E-state index >= 15 is 0 Å². The standard InChI is InChI=1S/C20H17FN2O4/c1-26-14-5-6-16-15-7-8-23(11-17(15)19(24)27-18(16)10-14)20(25)22-13-4-2-3-12(21)9-13/h2-6,9-10H,7-8,11H2,1H3,(H,22,25). The highest BCUT2D eigenvalue weighted by atomic mass is 19.1. The van der Waals surface area contributed by atoms with E-state index in [4.69, 9.17) is 9.15 Å². The van der Waals surface area contributed by atoms with E-state index < -0.39 is 11.4 Å². The molecule has 6 nitrogen and oxygen atoms in total. The number of carbonyl (C=O) groups is 1. The summed E-state index contributed by atoms with van der Waals surface area (Å²) in [6, 6.07) is 10.6. The second kappa shape index (κ2) is 6.75. The number of hydrogen-bond donors (Lipinski definition) is 1. The lowest BCUT2D eigenvalue weighted by Crippen LogP contribution is -2.40. The molecule has 27 heavy (non-hydrogen) atoms. The minimum absolute atomic E-state index is 0.140. The average Bonchev–Trinajstić information content (AvgIpc) is 2.67. The molecule has 0 saturated heterocycles. The summed E-state index contributed by atoms with van der Waals surface area (Å²) in [6.45, 7) is 0.583. The van der Waals surface area contributed by atoms with Gasteiger partial charge in [-0.15, -0.1) is 0 Å². The summed E-state index contributed by atoms with van der Waals surface area (Å²) >= 11 is 0. The predicted molar refractivity (Wildman–Crippen MR) is 98.6 cm³/mol. The normalized spacial score (nSPS) is 13.3. The van der Waals surface area contributed by atoms with E-state index in [0.29, 0.717) is 35.5 Å². The van der Waals surface area contributed by atoms with Crippen molar-refractivity contribution >= 4 is 22.7 Å². The van der Waals surface area contributed by atoms with E-state index in [0.717, 1.165) is 10.9 Å². The van der Waals surface area contributed by atoms with Crippen LogP contribution in [0.4, 0.5) is 14.9 Å². The van der Waals surface area contributed by atoms with Gasteiger partial charge in [-0.1, -0.05) is 6.07 Å². The minimum Gasteiger partial charge on any atom is -0.497 e. The lowest BCUT2D eigenvalue weighted by atomic mass is 9.97. The summed E-state index contributed by atoms with van der Waals surface area (Å²) in [5.41, 5.74) is 1.72. The number of benzene rings is 2. The minimum atomic E-state index is -0.464. The maximum absolute atomic E-state index is 13.3. The Bertz CT molecular complexity index is 1090. The maximum Gasteiger partial charge on any atom is 0.341 e. The third-order valence-electron chi connectivity index (χ3n) is 4.67. The highest BCUT2D eigenvalue weighted by Gasteiger charge is 2.26. The van der Waals surface area contributed by atoms with Crippen molar-refractivity contribution < 1.29 is 18.3 Å². The van der Waals surface area contributed by atoms with Gasteiger partial charge in [-0.25, -0.2) is 14.0 Å². The van der Waals surface area contributed by atoms with Gasteiger partial charge in [0.15, 0.2) is 0 Å².